The lowest BCUT2D eigenvalue weighted by atomic mass is 10.1. The van der Waals surface area contributed by atoms with Crippen LogP contribution in [-0.2, 0) is 0 Å². The summed E-state index contributed by atoms with van der Waals surface area (Å²) in [4.78, 5) is 2.00. The van der Waals surface area contributed by atoms with Crippen LogP contribution in [0.25, 0.3) is 0 Å². The number of hydrogen-bond donors (Lipinski definition) is 0. The molecule has 1 saturated heterocycles. The van der Waals surface area contributed by atoms with E-state index in [9.17, 15) is 8.78 Å². The van der Waals surface area contributed by atoms with Crippen molar-refractivity contribution in [2.75, 3.05) is 18.0 Å². The highest BCUT2D eigenvalue weighted by molar-refractivity contribution is 5.49. The van der Waals surface area contributed by atoms with Crippen molar-refractivity contribution >= 4 is 5.69 Å². The summed E-state index contributed by atoms with van der Waals surface area (Å²) in [7, 11) is 0. The maximum absolute atomic E-state index is 13.1. The van der Waals surface area contributed by atoms with E-state index in [2.05, 4.69) is 0 Å². The number of nitrogens with zero attached hydrogens (tertiary/aromatic N) is 1. The summed E-state index contributed by atoms with van der Waals surface area (Å²) in [6, 6.07) is 7.65. The number of hydrogen-bond acceptors (Lipinski definition) is 2. The molecule has 1 heterocycles. The van der Waals surface area contributed by atoms with Gasteiger partial charge in [0.25, 0.3) is 5.92 Å². The molecule has 0 atom stereocenters. The molecule has 0 aromatic heterocycles. The van der Waals surface area contributed by atoms with Gasteiger partial charge in [0.1, 0.15) is 5.75 Å². The molecule has 1 aliphatic heterocycles. The molecular weight excluding hydrogens is 236 g/mol. The smallest absolute Gasteiger partial charge is 0.251 e. The van der Waals surface area contributed by atoms with Gasteiger partial charge in [-0.05, 0) is 38.1 Å². The molecule has 0 N–H and O–H groups in total. The van der Waals surface area contributed by atoms with Crippen molar-refractivity contribution < 1.29 is 13.5 Å². The van der Waals surface area contributed by atoms with Crippen LogP contribution in [0.2, 0.25) is 0 Å². The number of halogens is 2. The summed E-state index contributed by atoms with van der Waals surface area (Å²) in [6.45, 7) is 4.77. The zero-order valence-electron chi connectivity index (χ0n) is 10.8. The normalized spacial score (nSPS) is 19.1. The standard InChI is InChI=1S/C14H19F2NO/c1-11(2)18-13-5-3-12(4-6-13)17-9-7-14(15,16)8-10-17/h3-6,11H,7-10H2,1-2H3. The first-order valence-electron chi connectivity index (χ1n) is 6.36. The number of alkyl halides is 2. The van der Waals surface area contributed by atoms with Crippen molar-refractivity contribution in [3.8, 4) is 5.75 Å². The van der Waals surface area contributed by atoms with Crippen molar-refractivity contribution in [2.45, 2.75) is 38.7 Å². The third kappa shape index (κ3) is 3.34. The fourth-order valence-electron chi connectivity index (χ4n) is 2.10. The van der Waals surface area contributed by atoms with Crippen LogP contribution in [0.4, 0.5) is 14.5 Å². The van der Waals surface area contributed by atoms with E-state index in [-0.39, 0.29) is 18.9 Å². The van der Waals surface area contributed by atoms with Gasteiger partial charge in [-0.2, -0.15) is 0 Å². The predicted octanol–water partition coefficient (Wildman–Crippen LogP) is 3.71. The topological polar surface area (TPSA) is 12.5 Å². The summed E-state index contributed by atoms with van der Waals surface area (Å²) in [5.41, 5.74) is 0.988. The fraction of sp³-hybridized carbons (Fsp3) is 0.571. The third-order valence-electron chi connectivity index (χ3n) is 3.07. The molecular formula is C14H19F2NO. The molecule has 0 aliphatic carbocycles. The average Bonchev–Trinajstić information content (AvgIpc) is 2.30. The van der Waals surface area contributed by atoms with E-state index in [1.807, 2.05) is 43.0 Å². The Hall–Kier alpha value is -1.32. The van der Waals surface area contributed by atoms with Crippen LogP contribution in [0, 0.1) is 0 Å². The van der Waals surface area contributed by atoms with Gasteiger partial charge in [0.05, 0.1) is 6.10 Å². The van der Waals surface area contributed by atoms with Gasteiger partial charge in [-0.15, -0.1) is 0 Å². The third-order valence-corrected chi connectivity index (χ3v) is 3.07. The first kappa shape index (κ1) is 13.1. The van der Waals surface area contributed by atoms with E-state index in [1.165, 1.54) is 0 Å². The Morgan fingerprint density at radius 3 is 2.17 bits per heavy atom. The number of ether oxygens (including phenoxy) is 1. The van der Waals surface area contributed by atoms with Gasteiger partial charge in [0.15, 0.2) is 0 Å². The van der Waals surface area contributed by atoms with Gasteiger partial charge >= 0.3 is 0 Å². The molecule has 1 fully saturated rings. The van der Waals surface area contributed by atoms with Crippen molar-refractivity contribution in [1.29, 1.82) is 0 Å². The van der Waals surface area contributed by atoms with Crippen LogP contribution in [0.1, 0.15) is 26.7 Å². The van der Waals surface area contributed by atoms with E-state index in [1.54, 1.807) is 0 Å². The van der Waals surface area contributed by atoms with Crippen molar-refractivity contribution in [3.63, 3.8) is 0 Å². The first-order chi connectivity index (χ1) is 8.46. The number of rotatable bonds is 3. The Bertz CT molecular complexity index is 379. The lowest BCUT2D eigenvalue weighted by molar-refractivity contribution is -0.0220. The molecule has 2 rings (SSSR count). The minimum atomic E-state index is -2.49. The van der Waals surface area contributed by atoms with Gasteiger partial charge in [-0.25, -0.2) is 8.78 Å². The first-order valence-corrected chi connectivity index (χ1v) is 6.36. The molecule has 18 heavy (non-hydrogen) atoms. The summed E-state index contributed by atoms with van der Waals surface area (Å²) < 4.78 is 31.7. The van der Waals surface area contributed by atoms with Crippen LogP contribution in [0.3, 0.4) is 0 Å². The summed E-state index contributed by atoms with van der Waals surface area (Å²) in [6.07, 6.45) is 0.0265. The number of benzene rings is 1. The maximum Gasteiger partial charge on any atom is 0.251 e. The summed E-state index contributed by atoms with van der Waals surface area (Å²) in [5, 5.41) is 0. The molecule has 4 heteroatoms. The van der Waals surface area contributed by atoms with Crippen molar-refractivity contribution in [3.05, 3.63) is 24.3 Å². The SMILES string of the molecule is CC(C)Oc1ccc(N2CCC(F)(F)CC2)cc1. The second-order valence-electron chi connectivity index (χ2n) is 5.00. The molecule has 1 aromatic rings. The van der Waals surface area contributed by atoms with E-state index < -0.39 is 5.92 Å². The monoisotopic (exact) mass is 255 g/mol. The minimum absolute atomic E-state index is 0.0583. The number of anilines is 1. The molecule has 1 aliphatic rings. The van der Waals surface area contributed by atoms with Gasteiger partial charge < -0.3 is 9.64 Å². The van der Waals surface area contributed by atoms with Gasteiger partial charge in [0.2, 0.25) is 0 Å². The maximum atomic E-state index is 13.1. The van der Waals surface area contributed by atoms with Gasteiger partial charge in [-0.3, -0.25) is 0 Å². The van der Waals surface area contributed by atoms with Crippen LogP contribution >= 0.6 is 0 Å². The van der Waals surface area contributed by atoms with E-state index in [0.717, 1.165) is 11.4 Å². The molecule has 0 amide bonds. The van der Waals surface area contributed by atoms with Crippen LogP contribution in [0.15, 0.2) is 24.3 Å². The number of piperidine rings is 1. The Morgan fingerprint density at radius 1 is 1.11 bits per heavy atom. The molecule has 0 unspecified atom stereocenters. The van der Waals surface area contributed by atoms with Gasteiger partial charge in [0, 0.05) is 31.6 Å². The molecule has 0 radical (unpaired) electrons. The Morgan fingerprint density at radius 2 is 1.67 bits per heavy atom. The fourth-order valence-corrected chi connectivity index (χ4v) is 2.10. The predicted molar refractivity (Wildman–Crippen MR) is 68.6 cm³/mol. The molecule has 2 nitrogen and oxygen atoms in total. The second-order valence-corrected chi connectivity index (χ2v) is 5.00. The average molecular weight is 255 g/mol. The van der Waals surface area contributed by atoms with Crippen molar-refractivity contribution in [2.24, 2.45) is 0 Å². The van der Waals surface area contributed by atoms with E-state index in [0.29, 0.717) is 13.1 Å². The summed E-state index contributed by atoms with van der Waals surface area (Å²) in [5.74, 6) is -1.67. The van der Waals surface area contributed by atoms with Crippen LogP contribution < -0.4 is 9.64 Å². The second kappa shape index (κ2) is 5.12. The highest BCUT2D eigenvalue weighted by Crippen LogP contribution is 2.31. The Kier molecular flexibility index (Phi) is 3.73. The Balaban J connectivity index is 1.98. The molecule has 1 aromatic carbocycles. The van der Waals surface area contributed by atoms with Crippen molar-refractivity contribution in [1.82, 2.24) is 0 Å². The zero-order valence-corrected chi connectivity index (χ0v) is 10.8. The zero-order chi connectivity index (χ0) is 13.2. The van der Waals surface area contributed by atoms with Crippen LogP contribution in [-0.4, -0.2) is 25.1 Å². The minimum Gasteiger partial charge on any atom is -0.491 e. The largest absolute Gasteiger partial charge is 0.491 e. The lowest BCUT2D eigenvalue weighted by Crippen LogP contribution is -2.39. The lowest BCUT2D eigenvalue weighted by Gasteiger charge is -2.33. The van der Waals surface area contributed by atoms with Gasteiger partial charge in [-0.1, -0.05) is 0 Å². The van der Waals surface area contributed by atoms with E-state index in [4.69, 9.17) is 4.74 Å². The molecule has 0 bridgehead atoms. The molecule has 0 saturated carbocycles. The summed E-state index contributed by atoms with van der Waals surface area (Å²) >= 11 is 0. The highest BCUT2D eigenvalue weighted by Gasteiger charge is 2.33. The quantitative estimate of drug-likeness (QED) is 0.816. The molecule has 100 valence electrons. The van der Waals surface area contributed by atoms with E-state index >= 15 is 0 Å². The van der Waals surface area contributed by atoms with Crippen LogP contribution in [0.5, 0.6) is 5.75 Å². The Labute approximate surface area is 107 Å². The molecule has 0 spiro atoms. The highest BCUT2D eigenvalue weighted by atomic mass is 19.3.